The van der Waals surface area contributed by atoms with E-state index in [4.69, 9.17) is 14.7 Å². The smallest absolute Gasteiger partial charge is 0.141 e. The Morgan fingerprint density at radius 2 is 1.16 bits per heavy atom. The van der Waals surface area contributed by atoms with Crippen LogP contribution in [-0.2, 0) is 5.41 Å². The van der Waals surface area contributed by atoms with Gasteiger partial charge in [0.2, 0.25) is 0 Å². The summed E-state index contributed by atoms with van der Waals surface area (Å²) in [6.45, 7) is 6.49. The van der Waals surface area contributed by atoms with Gasteiger partial charge in [0.1, 0.15) is 11.5 Å². The molecule has 0 fully saturated rings. The quantitative estimate of drug-likeness (QED) is 0.178. The third kappa shape index (κ3) is 4.36. The summed E-state index contributed by atoms with van der Waals surface area (Å²) in [4.78, 5) is 10.2. The molecule has 6 aromatic carbocycles. The van der Waals surface area contributed by atoms with E-state index in [2.05, 4.69) is 129 Å². The molecule has 0 amide bonds. The van der Waals surface area contributed by atoms with E-state index < -0.39 is 5.41 Å². The van der Waals surface area contributed by atoms with Gasteiger partial charge in [-0.2, -0.15) is 0 Å². The lowest BCUT2D eigenvalue weighted by molar-refractivity contribution is 0.438. The summed E-state index contributed by atoms with van der Waals surface area (Å²) in [5.41, 5.74) is 14.2. The number of fused-ring (bicyclic) bond motifs is 9. The molecule has 0 bridgehead atoms. The Kier molecular flexibility index (Phi) is 6.73. The number of nitrogens with zero attached hydrogens (tertiary/aromatic N) is 2. The predicted octanol–water partition coefficient (Wildman–Crippen LogP) is 11.4. The molecule has 1 aliphatic heterocycles. The third-order valence-electron chi connectivity index (χ3n) is 9.97. The first-order valence-corrected chi connectivity index (χ1v) is 16.6. The molecule has 1 aliphatic carbocycles. The van der Waals surface area contributed by atoms with Crippen molar-refractivity contribution in [1.82, 2.24) is 4.98 Å². The zero-order valence-corrected chi connectivity index (χ0v) is 27.1. The average Bonchev–Trinajstić information content (AvgIpc) is 3.46. The number of ether oxygens (including phenoxy) is 1. The highest BCUT2D eigenvalue weighted by molar-refractivity contribution is 6.06. The number of para-hydroxylation sites is 3. The van der Waals surface area contributed by atoms with Crippen molar-refractivity contribution in [2.24, 2.45) is 4.99 Å². The number of pyridine rings is 1. The SMILES string of the molecule is C=C(c1ccccc1)c1ccccc1/N=C(\C)c1cccnc1-c1cccc2c1Oc1ccccc1C21c2ccccc2-c2ccccc21. The molecule has 0 saturated heterocycles. The fourth-order valence-corrected chi connectivity index (χ4v) is 7.84. The Morgan fingerprint density at radius 3 is 1.94 bits per heavy atom. The molecule has 3 heteroatoms. The predicted molar refractivity (Wildman–Crippen MR) is 200 cm³/mol. The lowest BCUT2D eigenvalue weighted by Gasteiger charge is -2.40. The van der Waals surface area contributed by atoms with Crippen LogP contribution in [0.3, 0.4) is 0 Å². The minimum absolute atomic E-state index is 0.539. The maximum Gasteiger partial charge on any atom is 0.141 e. The zero-order chi connectivity index (χ0) is 33.0. The number of aliphatic imine (C=N–C) groups is 1. The van der Waals surface area contributed by atoms with E-state index in [0.29, 0.717) is 0 Å². The van der Waals surface area contributed by atoms with Gasteiger partial charge in [-0.25, -0.2) is 0 Å². The molecule has 1 aromatic heterocycles. The molecule has 0 atom stereocenters. The van der Waals surface area contributed by atoms with Gasteiger partial charge in [-0.05, 0) is 70.6 Å². The molecule has 0 radical (unpaired) electrons. The molecule has 9 rings (SSSR count). The van der Waals surface area contributed by atoms with Crippen molar-refractivity contribution in [1.29, 1.82) is 0 Å². The summed E-state index contributed by atoms with van der Waals surface area (Å²) < 4.78 is 6.94. The normalized spacial score (nSPS) is 13.5. The summed E-state index contributed by atoms with van der Waals surface area (Å²) in [7, 11) is 0. The van der Waals surface area contributed by atoms with Crippen LogP contribution in [0, 0.1) is 0 Å². The molecule has 2 aliphatic rings. The second kappa shape index (κ2) is 11.4. The van der Waals surface area contributed by atoms with Gasteiger partial charge in [0.15, 0.2) is 0 Å². The first kappa shape index (κ1) is 28.9. The van der Waals surface area contributed by atoms with Crippen LogP contribution in [0.15, 0.2) is 175 Å². The molecular weight excluding hydrogens is 597 g/mol. The maximum atomic E-state index is 6.94. The van der Waals surface area contributed by atoms with Gasteiger partial charge in [-0.15, -0.1) is 0 Å². The molecular formula is C46H32N2O. The van der Waals surface area contributed by atoms with E-state index in [0.717, 1.165) is 67.5 Å². The Bertz CT molecular complexity index is 2410. The fraction of sp³-hybridized carbons (Fsp3) is 0.0435. The highest BCUT2D eigenvalue weighted by atomic mass is 16.5. The Labute approximate surface area is 286 Å². The standard InChI is InChI=1S/C46H32N2O/c1-30(32-16-4-3-5-17-32)33-18-8-12-27-42(33)48-31(2)34-22-15-29-47-44(34)37-21-14-26-41-45(37)49-43-28-13-11-25-40(43)46(41)38-23-9-6-19-35(38)36-20-7-10-24-39(36)46/h3-29H,1H2,2H3/b48-31+. The molecule has 1 spiro atoms. The molecule has 0 N–H and O–H groups in total. The van der Waals surface area contributed by atoms with Crippen LogP contribution in [0.4, 0.5) is 5.69 Å². The number of hydrogen-bond acceptors (Lipinski definition) is 3. The monoisotopic (exact) mass is 628 g/mol. The highest BCUT2D eigenvalue weighted by Gasteiger charge is 2.51. The average molecular weight is 629 g/mol. The van der Waals surface area contributed by atoms with Crippen LogP contribution in [0.25, 0.3) is 28.0 Å². The number of benzene rings is 6. The molecule has 3 nitrogen and oxygen atoms in total. The molecule has 0 unspecified atom stereocenters. The van der Waals surface area contributed by atoms with Crippen LogP contribution >= 0.6 is 0 Å². The summed E-state index contributed by atoms with van der Waals surface area (Å²) >= 11 is 0. The first-order valence-electron chi connectivity index (χ1n) is 16.6. The highest BCUT2D eigenvalue weighted by Crippen LogP contribution is 2.63. The van der Waals surface area contributed by atoms with E-state index in [1.54, 1.807) is 0 Å². The number of hydrogen-bond donors (Lipinski definition) is 0. The van der Waals surface area contributed by atoms with Crippen LogP contribution < -0.4 is 4.74 Å². The fourth-order valence-electron chi connectivity index (χ4n) is 7.84. The van der Waals surface area contributed by atoms with Gasteiger partial charge >= 0.3 is 0 Å². The Balaban J connectivity index is 1.24. The van der Waals surface area contributed by atoms with E-state index in [-0.39, 0.29) is 0 Å². The van der Waals surface area contributed by atoms with Crippen molar-refractivity contribution in [2.45, 2.75) is 12.3 Å². The minimum Gasteiger partial charge on any atom is -0.456 e. The molecule has 2 heterocycles. The molecule has 0 saturated carbocycles. The van der Waals surface area contributed by atoms with E-state index >= 15 is 0 Å². The molecule has 7 aromatic rings. The number of rotatable bonds is 5. The van der Waals surface area contributed by atoms with Crippen LogP contribution in [-0.4, -0.2) is 10.7 Å². The minimum atomic E-state index is -0.539. The van der Waals surface area contributed by atoms with Crippen molar-refractivity contribution in [2.75, 3.05) is 0 Å². The van der Waals surface area contributed by atoms with Gasteiger partial charge < -0.3 is 4.74 Å². The Morgan fingerprint density at radius 1 is 0.571 bits per heavy atom. The van der Waals surface area contributed by atoms with Gasteiger partial charge in [0.25, 0.3) is 0 Å². The lowest BCUT2D eigenvalue weighted by Crippen LogP contribution is -2.32. The zero-order valence-electron chi connectivity index (χ0n) is 27.1. The van der Waals surface area contributed by atoms with Gasteiger partial charge in [0.05, 0.1) is 16.8 Å². The van der Waals surface area contributed by atoms with E-state index in [1.807, 2.05) is 48.7 Å². The van der Waals surface area contributed by atoms with Gasteiger partial charge in [0, 0.05) is 39.7 Å². The van der Waals surface area contributed by atoms with Crippen LogP contribution in [0.5, 0.6) is 11.5 Å². The first-order chi connectivity index (χ1) is 24.2. The second-order valence-electron chi connectivity index (χ2n) is 12.6. The van der Waals surface area contributed by atoms with E-state index in [1.165, 1.54) is 22.3 Å². The summed E-state index contributed by atoms with van der Waals surface area (Å²) in [5, 5.41) is 0. The van der Waals surface area contributed by atoms with E-state index in [9.17, 15) is 0 Å². The topological polar surface area (TPSA) is 34.5 Å². The molecule has 49 heavy (non-hydrogen) atoms. The maximum absolute atomic E-state index is 6.94. The summed E-state index contributed by atoms with van der Waals surface area (Å²) in [5.74, 6) is 1.67. The van der Waals surface area contributed by atoms with Crippen molar-refractivity contribution in [3.63, 3.8) is 0 Å². The van der Waals surface area contributed by atoms with Gasteiger partial charge in [-0.3, -0.25) is 9.98 Å². The van der Waals surface area contributed by atoms with Crippen LogP contribution in [0.2, 0.25) is 0 Å². The van der Waals surface area contributed by atoms with Crippen molar-refractivity contribution >= 4 is 17.0 Å². The van der Waals surface area contributed by atoms with Crippen LogP contribution in [0.1, 0.15) is 45.9 Å². The Hall–Kier alpha value is -6.32. The summed E-state index contributed by atoms with van der Waals surface area (Å²) in [6.07, 6.45) is 1.85. The van der Waals surface area contributed by atoms with Crippen molar-refractivity contribution < 1.29 is 4.74 Å². The second-order valence-corrected chi connectivity index (χ2v) is 12.6. The van der Waals surface area contributed by atoms with Crippen molar-refractivity contribution in [3.05, 3.63) is 209 Å². The summed E-state index contributed by atoms with van der Waals surface area (Å²) in [6, 6.07) is 55.1. The largest absolute Gasteiger partial charge is 0.456 e. The number of aromatic nitrogens is 1. The molecule has 232 valence electrons. The third-order valence-corrected chi connectivity index (χ3v) is 9.97. The van der Waals surface area contributed by atoms with Gasteiger partial charge in [-0.1, -0.05) is 134 Å². The lowest BCUT2D eigenvalue weighted by atomic mass is 9.65. The van der Waals surface area contributed by atoms with Crippen molar-refractivity contribution in [3.8, 4) is 33.9 Å².